The maximum Gasteiger partial charge on any atom is 0.203 e. The van der Waals surface area contributed by atoms with Crippen LogP contribution in [-0.4, -0.2) is 58.9 Å². The van der Waals surface area contributed by atoms with Crippen LogP contribution in [-0.2, 0) is 4.74 Å². The topological polar surface area (TPSA) is 78.4 Å². The highest BCUT2D eigenvalue weighted by Crippen LogP contribution is 2.39. The summed E-state index contributed by atoms with van der Waals surface area (Å²) in [5, 5.41) is 13.2. The minimum atomic E-state index is -0.666. The van der Waals surface area contributed by atoms with Gasteiger partial charge in [-0.05, 0) is 12.1 Å². The third-order valence-electron chi connectivity index (χ3n) is 3.76. The third kappa shape index (κ3) is 6.54. The van der Waals surface area contributed by atoms with E-state index < -0.39 is 6.10 Å². The van der Waals surface area contributed by atoms with Crippen LogP contribution in [0.3, 0.4) is 0 Å². The fourth-order valence-corrected chi connectivity index (χ4v) is 2.43. The Kier molecular flexibility index (Phi) is 8.54. The van der Waals surface area contributed by atoms with Crippen molar-refractivity contribution in [2.75, 3.05) is 53.0 Å². The van der Waals surface area contributed by atoms with E-state index in [9.17, 15) is 5.11 Å². The van der Waals surface area contributed by atoms with E-state index in [1.54, 1.807) is 33.5 Å². The van der Waals surface area contributed by atoms with Gasteiger partial charge in [0.2, 0.25) is 5.75 Å². The summed E-state index contributed by atoms with van der Waals surface area (Å²) in [6.07, 6.45) is -0.666. The number of para-hydroxylation sites is 1. The molecule has 0 spiro atoms. The zero-order chi connectivity index (χ0) is 19.5. The van der Waals surface area contributed by atoms with Crippen molar-refractivity contribution >= 4 is 5.69 Å². The summed E-state index contributed by atoms with van der Waals surface area (Å²) in [6, 6.07) is 13.1. The molecule has 0 heterocycles. The molecule has 2 rings (SSSR count). The third-order valence-corrected chi connectivity index (χ3v) is 3.76. The molecule has 2 aromatic rings. The van der Waals surface area contributed by atoms with E-state index in [2.05, 4.69) is 5.32 Å². The Balaban J connectivity index is 1.72. The highest BCUT2D eigenvalue weighted by atomic mass is 16.5. The number of aliphatic hydroxyl groups is 1. The van der Waals surface area contributed by atoms with Crippen molar-refractivity contribution in [2.24, 2.45) is 0 Å². The molecule has 7 nitrogen and oxygen atoms in total. The van der Waals surface area contributed by atoms with Gasteiger partial charge in [-0.15, -0.1) is 0 Å². The maximum atomic E-state index is 10.1. The maximum absolute atomic E-state index is 10.1. The van der Waals surface area contributed by atoms with Crippen LogP contribution in [0.1, 0.15) is 0 Å². The monoisotopic (exact) mass is 377 g/mol. The minimum absolute atomic E-state index is 0.204. The molecule has 0 fully saturated rings. The first-order chi connectivity index (χ1) is 13.2. The molecular formula is C20H27NO6. The van der Waals surface area contributed by atoms with Gasteiger partial charge in [0.25, 0.3) is 0 Å². The molecule has 0 saturated carbocycles. The van der Waals surface area contributed by atoms with Crippen LogP contribution in [0.25, 0.3) is 0 Å². The number of hydrogen-bond acceptors (Lipinski definition) is 7. The van der Waals surface area contributed by atoms with Gasteiger partial charge in [0, 0.05) is 24.4 Å². The van der Waals surface area contributed by atoms with E-state index in [1.165, 1.54) is 0 Å². The lowest BCUT2D eigenvalue weighted by molar-refractivity contribution is 0.0304. The number of benzene rings is 2. The molecule has 0 aliphatic rings. The number of nitrogens with one attached hydrogen (secondary N) is 1. The largest absolute Gasteiger partial charge is 0.493 e. The fraction of sp³-hybridized carbons (Fsp3) is 0.400. The Hall–Kier alpha value is -2.64. The lowest BCUT2D eigenvalue weighted by Crippen LogP contribution is -2.26. The zero-order valence-electron chi connectivity index (χ0n) is 15.9. The summed E-state index contributed by atoms with van der Waals surface area (Å²) < 4.78 is 26.9. The van der Waals surface area contributed by atoms with E-state index in [0.29, 0.717) is 37.0 Å². The normalized spacial score (nSPS) is 11.6. The van der Waals surface area contributed by atoms with Crippen LogP contribution in [0.15, 0.2) is 42.5 Å². The number of aliphatic hydroxyl groups excluding tert-OH is 1. The molecule has 27 heavy (non-hydrogen) atoms. The van der Waals surface area contributed by atoms with Crippen molar-refractivity contribution in [1.29, 1.82) is 0 Å². The first-order valence-corrected chi connectivity index (χ1v) is 8.65. The molecular weight excluding hydrogens is 350 g/mol. The second-order valence-corrected chi connectivity index (χ2v) is 5.69. The summed E-state index contributed by atoms with van der Waals surface area (Å²) in [5.74, 6) is 2.41. The van der Waals surface area contributed by atoms with Crippen LogP contribution in [0.5, 0.6) is 23.0 Å². The Labute approximate surface area is 159 Å². The van der Waals surface area contributed by atoms with Gasteiger partial charge in [-0.2, -0.15) is 0 Å². The van der Waals surface area contributed by atoms with Gasteiger partial charge in [-0.25, -0.2) is 0 Å². The molecule has 148 valence electrons. The van der Waals surface area contributed by atoms with Crippen LogP contribution in [0, 0.1) is 0 Å². The number of ether oxygens (including phenoxy) is 5. The summed E-state index contributed by atoms with van der Waals surface area (Å²) in [6.45, 7) is 1.35. The molecule has 2 N–H and O–H groups in total. The van der Waals surface area contributed by atoms with Crippen molar-refractivity contribution in [3.8, 4) is 23.0 Å². The predicted octanol–water partition coefficient (Wildman–Crippen LogP) is 2.58. The van der Waals surface area contributed by atoms with Crippen LogP contribution in [0.4, 0.5) is 5.69 Å². The Bertz CT molecular complexity index is 654. The summed E-state index contributed by atoms with van der Waals surface area (Å²) in [4.78, 5) is 0. The van der Waals surface area contributed by atoms with Gasteiger partial charge in [0.05, 0.1) is 40.6 Å². The standard InChI is InChI=1S/C20H27NO6/c1-23-18-11-15(12-19(24-2)20(18)25-3)21-13-16(22)14-26-9-10-27-17-7-5-4-6-8-17/h4-8,11-12,16,21-22H,9-10,13-14H2,1-3H3. The van der Waals surface area contributed by atoms with Crippen molar-refractivity contribution in [3.05, 3.63) is 42.5 Å². The molecule has 0 bridgehead atoms. The van der Waals surface area contributed by atoms with Gasteiger partial charge >= 0.3 is 0 Å². The van der Waals surface area contributed by atoms with Gasteiger partial charge < -0.3 is 34.1 Å². The highest BCUT2D eigenvalue weighted by Gasteiger charge is 2.13. The van der Waals surface area contributed by atoms with E-state index in [0.717, 1.165) is 11.4 Å². The average molecular weight is 377 g/mol. The number of hydrogen-bond donors (Lipinski definition) is 2. The van der Waals surface area contributed by atoms with Crippen molar-refractivity contribution < 1.29 is 28.8 Å². The predicted molar refractivity (Wildman–Crippen MR) is 103 cm³/mol. The van der Waals surface area contributed by atoms with Crippen molar-refractivity contribution in [1.82, 2.24) is 0 Å². The molecule has 0 radical (unpaired) electrons. The smallest absolute Gasteiger partial charge is 0.203 e. The van der Waals surface area contributed by atoms with Gasteiger partial charge in [0.1, 0.15) is 12.4 Å². The second-order valence-electron chi connectivity index (χ2n) is 5.69. The summed E-state index contributed by atoms with van der Waals surface area (Å²) in [7, 11) is 4.67. The van der Waals surface area contributed by atoms with Crippen LogP contribution >= 0.6 is 0 Å². The van der Waals surface area contributed by atoms with Gasteiger partial charge in [0.15, 0.2) is 11.5 Å². The fourth-order valence-electron chi connectivity index (χ4n) is 2.43. The number of anilines is 1. The lowest BCUT2D eigenvalue weighted by Gasteiger charge is -2.17. The highest BCUT2D eigenvalue weighted by molar-refractivity contribution is 5.62. The Morgan fingerprint density at radius 3 is 2.19 bits per heavy atom. The van der Waals surface area contributed by atoms with E-state index in [-0.39, 0.29) is 6.61 Å². The van der Waals surface area contributed by atoms with Crippen LogP contribution < -0.4 is 24.3 Å². The average Bonchev–Trinajstić information content (AvgIpc) is 2.71. The van der Waals surface area contributed by atoms with E-state index in [1.807, 2.05) is 30.3 Å². The SMILES string of the molecule is COc1cc(NCC(O)COCCOc2ccccc2)cc(OC)c1OC. The molecule has 0 aliphatic heterocycles. The Morgan fingerprint density at radius 1 is 0.926 bits per heavy atom. The molecule has 1 atom stereocenters. The molecule has 2 aromatic carbocycles. The Morgan fingerprint density at radius 2 is 1.59 bits per heavy atom. The summed E-state index contributed by atoms with van der Waals surface area (Å²) >= 11 is 0. The molecule has 0 aliphatic carbocycles. The molecule has 7 heteroatoms. The molecule has 0 amide bonds. The molecule has 1 unspecified atom stereocenters. The number of rotatable bonds is 12. The number of methoxy groups -OCH3 is 3. The molecule has 0 saturated heterocycles. The first kappa shape index (κ1) is 20.7. The second kappa shape index (κ2) is 11.2. The van der Waals surface area contributed by atoms with Gasteiger partial charge in [-0.1, -0.05) is 18.2 Å². The van der Waals surface area contributed by atoms with Gasteiger partial charge in [-0.3, -0.25) is 0 Å². The van der Waals surface area contributed by atoms with E-state index >= 15 is 0 Å². The van der Waals surface area contributed by atoms with Crippen molar-refractivity contribution in [2.45, 2.75) is 6.10 Å². The first-order valence-electron chi connectivity index (χ1n) is 8.65. The zero-order valence-corrected chi connectivity index (χ0v) is 15.9. The van der Waals surface area contributed by atoms with Crippen LogP contribution in [0.2, 0.25) is 0 Å². The lowest BCUT2D eigenvalue weighted by atomic mass is 10.2. The summed E-state index contributed by atoms with van der Waals surface area (Å²) in [5.41, 5.74) is 0.746. The quantitative estimate of drug-likeness (QED) is 0.551. The van der Waals surface area contributed by atoms with Crippen molar-refractivity contribution in [3.63, 3.8) is 0 Å². The molecule has 0 aromatic heterocycles. The van der Waals surface area contributed by atoms with E-state index in [4.69, 9.17) is 23.7 Å². The minimum Gasteiger partial charge on any atom is -0.493 e.